The van der Waals surface area contributed by atoms with Crippen LogP contribution in [-0.2, 0) is 33.8 Å². The molecular weight excluding hydrogens is 487 g/mol. The average Bonchev–Trinajstić information content (AvgIpc) is 2.81. The molecule has 0 aliphatic carbocycles. The highest BCUT2D eigenvalue weighted by atomic mass is 32.2. The molecule has 0 radical (unpaired) electrons. The van der Waals surface area contributed by atoms with Crippen LogP contribution in [0.4, 0.5) is 4.79 Å². The summed E-state index contributed by atoms with van der Waals surface area (Å²) in [5.74, 6) is -0.398. The molecule has 0 bridgehead atoms. The van der Waals surface area contributed by atoms with Crippen LogP contribution in [0.5, 0.6) is 0 Å². The van der Waals surface area contributed by atoms with Crippen LogP contribution >= 0.6 is 0 Å². The first kappa shape index (κ1) is 32.7. The number of unbranched alkanes of at least 4 members (excludes halogenated alkanes) is 1. The zero-order chi connectivity index (χ0) is 28.2. The minimum Gasteiger partial charge on any atom is -0.460 e. The normalized spacial score (nSPS) is 19.5. The maximum Gasteiger partial charge on any atom is 0.457 e. The van der Waals surface area contributed by atoms with Crippen molar-refractivity contribution >= 4 is 29.4 Å². The lowest BCUT2D eigenvalue weighted by atomic mass is 9.77. The van der Waals surface area contributed by atoms with Crippen molar-refractivity contribution in [1.82, 2.24) is 9.44 Å². The topological polar surface area (TPSA) is 129 Å². The van der Waals surface area contributed by atoms with Crippen molar-refractivity contribution in [2.75, 3.05) is 6.54 Å². The Kier molecular flexibility index (Phi) is 10.5. The van der Waals surface area contributed by atoms with E-state index in [4.69, 9.17) is 18.8 Å². The summed E-state index contributed by atoms with van der Waals surface area (Å²) in [4.78, 5) is 24.9. The van der Waals surface area contributed by atoms with Gasteiger partial charge in [0, 0.05) is 6.54 Å². The number of carbonyl (C=O) groups is 2. The molecular formula is C24H47BN2O8S. The van der Waals surface area contributed by atoms with Crippen LogP contribution in [0, 0.1) is 5.41 Å². The molecule has 210 valence electrons. The molecule has 36 heavy (non-hydrogen) atoms. The number of amides is 1. The van der Waals surface area contributed by atoms with Gasteiger partial charge in [-0.05, 0) is 95.3 Å². The first-order chi connectivity index (χ1) is 16.0. The van der Waals surface area contributed by atoms with Crippen molar-refractivity contribution in [2.45, 2.75) is 131 Å². The predicted octanol–water partition coefficient (Wildman–Crippen LogP) is 4.35. The molecule has 1 aliphatic heterocycles. The van der Waals surface area contributed by atoms with E-state index >= 15 is 0 Å². The summed E-state index contributed by atoms with van der Waals surface area (Å²) in [7, 11) is -4.47. The van der Waals surface area contributed by atoms with E-state index in [0.29, 0.717) is 19.2 Å². The molecule has 0 aromatic rings. The molecule has 10 nitrogen and oxygen atoms in total. The fourth-order valence-corrected chi connectivity index (χ4v) is 4.25. The summed E-state index contributed by atoms with van der Waals surface area (Å²) in [6.45, 7) is 20.0. The van der Waals surface area contributed by atoms with E-state index in [1.165, 1.54) is 0 Å². The molecule has 1 amide bonds. The number of rotatable bonds is 11. The molecule has 1 rings (SSSR count). The fourth-order valence-electron chi connectivity index (χ4n) is 3.55. The summed E-state index contributed by atoms with van der Waals surface area (Å²) in [6, 6.07) is 0. The largest absolute Gasteiger partial charge is 0.460 e. The second-order valence-corrected chi connectivity index (χ2v) is 14.2. The second kappa shape index (κ2) is 11.6. The van der Waals surface area contributed by atoms with Gasteiger partial charge in [-0.2, -0.15) is 13.1 Å². The second-order valence-electron chi connectivity index (χ2n) is 12.7. The lowest BCUT2D eigenvalue weighted by Gasteiger charge is -2.32. The molecule has 1 atom stereocenters. The number of hydrogen-bond donors (Lipinski definition) is 2. The SMILES string of the molecule is CC(C)(C)OC(=O)NS(=O)(=O)NCCC(C)(CCCCB1OC(C)(C)C(C)(C)O1)C(=O)OC(C)(C)C. The van der Waals surface area contributed by atoms with Gasteiger partial charge in [-0.15, -0.1) is 0 Å². The number of carbonyl (C=O) groups excluding carboxylic acids is 2. The molecule has 0 saturated carbocycles. The molecule has 0 aromatic carbocycles. The van der Waals surface area contributed by atoms with Gasteiger partial charge in [-0.3, -0.25) is 4.79 Å². The highest BCUT2D eigenvalue weighted by Crippen LogP contribution is 2.39. The summed E-state index contributed by atoms with van der Waals surface area (Å²) in [5.41, 5.74) is -3.24. The summed E-state index contributed by atoms with van der Waals surface area (Å²) in [5, 5.41) is 0. The minimum atomic E-state index is -4.15. The van der Waals surface area contributed by atoms with E-state index in [0.717, 1.165) is 6.42 Å². The maximum atomic E-state index is 13.1. The van der Waals surface area contributed by atoms with Crippen LogP contribution in [0.25, 0.3) is 0 Å². The van der Waals surface area contributed by atoms with Crippen LogP contribution in [0.3, 0.4) is 0 Å². The maximum absolute atomic E-state index is 13.1. The molecule has 1 aliphatic rings. The van der Waals surface area contributed by atoms with E-state index < -0.39 is 50.1 Å². The van der Waals surface area contributed by atoms with Gasteiger partial charge in [0.05, 0.1) is 16.6 Å². The lowest BCUT2D eigenvalue weighted by Crippen LogP contribution is -2.44. The Morgan fingerprint density at radius 3 is 1.81 bits per heavy atom. The monoisotopic (exact) mass is 534 g/mol. The number of esters is 1. The van der Waals surface area contributed by atoms with Crippen molar-refractivity contribution < 1.29 is 36.8 Å². The van der Waals surface area contributed by atoms with Crippen molar-refractivity contribution in [3.8, 4) is 0 Å². The third-order valence-electron chi connectivity index (χ3n) is 6.20. The van der Waals surface area contributed by atoms with Gasteiger partial charge in [-0.25, -0.2) is 9.52 Å². The minimum absolute atomic E-state index is 0.0644. The Balaban J connectivity index is 2.72. The van der Waals surface area contributed by atoms with Gasteiger partial charge in [0.1, 0.15) is 11.2 Å². The van der Waals surface area contributed by atoms with E-state index in [1.54, 1.807) is 48.5 Å². The van der Waals surface area contributed by atoms with Gasteiger partial charge in [-0.1, -0.05) is 12.8 Å². The highest BCUT2D eigenvalue weighted by Gasteiger charge is 2.50. The number of hydrogen-bond acceptors (Lipinski definition) is 8. The van der Waals surface area contributed by atoms with Crippen LogP contribution in [0.2, 0.25) is 6.32 Å². The standard InChI is InChI=1S/C24H47BN2O8S/c1-20(2,3)32-18(28)24(11,14-12-13-16-25-34-22(7,8)23(9,10)35-25)15-17-26-36(30,31)27-19(29)33-21(4,5)6/h26H,12-17H2,1-11H3,(H,27,29). The third-order valence-corrected chi connectivity index (χ3v) is 7.22. The molecule has 12 heteroatoms. The van der Waals surface area contributed by atoms with E-state index in [1.807, 2.05) is 32.4 Å². The molecule has 1 fully saturated rings. The first-order valence-corrected chi connectivity index (χ1v) is 14.0. The Bertz CT molecular complexity index is 862. The Morgan fingerprint density at radius 1 is 0.833 bits per heavy atom. The lowest BCUT2D eigenvalue weighted by molar-refractivity contribution is -0.167. The molecule has 2 N–H and O–H groups in total. The van der Waals surface area contributed by atoms with Gasteiger partial charge >= 0.3 is 29.4 Å². The summed E-state index contributed by atoms with van der Waals surface area (Å²) < 4.78 is 51.3. The molecule has 0 spiro atoms. The predicted molar refractivity (Wildman–Crippen MR) is 140 cm³/mol. The Morgan fingerprint density at radius 2 is 1.33 bits per heavy atom. The van der Waals surface area contributed by atoms with E-state index in [2.05, 4.69) is 4.72 Å². The highest BCUT2D eigenvalue weighted by molar-refractivity contribution is 7.88. The molecule has 1 unspecified atom stereocenters. The zero-order valence-corrected chi connectivity index (χ0v) is 24.8. The van der Waals surface area contributed by atoms with E-state index in [-0.39, 0.29) is 20.1 Å². The molecule has 1 heterocycles. The summed E-state index contributed by atoms with van der Waals surface area (Å²) in [6.07, 6.45) is 1.75. The van der Waals surface area contributed by atoms with Gasteiger partial charge in [0.2, 0.25) is 0 Å². The quantitative estimate of drug-likeness (QED) is 0.227. The van der Waals surface area contributed by atoms with E-state index in [9.17, 15) is 18.0 Å². The van der Waals surface area contributed by atoms with Crippen molar-refractivity contribution in [1.29, 1.82) is 0 Å². The first-order valence-electron chi connectivity index (χ1n) is 12.6. The number of nitrogens with one attached hydrogen (secondary N) is 2. The van der Waals surface area contributed by atoms with Gasteiger partial charge in [0.15, 0.2) is 0 Å². The van der Waals surface area contributed by atoms with Crippen LogP contribution in [0.15, 0.2) is 0 Å². The molecule has 1 saturated heterocycles. The Hall–Kier alpha value is -1.37. The van der Waals surface area contributed by atoms with Crippen molar-refractivity contribution in [2.24, 2.45) is 5.41 Å². The van der Waals surface area contributed by atoms with Crippen LogP contribution in [0.1, 0.15) is 102 Å². The smallest absolute Gasteiger partial charge is 0.457 e. The van der Waals surface area contributed by atoms with Crippen LogP contribution < -0.4 is 9.44 Å². The van der Waals surface area contributed by atoms with Crippen molar-refractivity contribution in [3.05, 3.63) is 0 Å². The van der Waals surface area contributed by atoms with Gasteiger partial charge in [0.25, 0.3) is 0 Å². The fraction of sp³-hybridized carbons (Fsp3) is 0.917. The summed E-state index contributed by atoms with van der Waals surface area (Å²) >= 11 is 0. The van der Waals surface area contributed by atoms with Crippen molar-refractivity contribution in [3.63, 3.8) is 0 Å². The third kappa shape index (κ3) is 10.9. The molecule has 0 aromatic heterocycles. The van der Waals surface area contributed by atoms with Gasteiger partial charge < -0.3 is 18.8 Å². The number of ether oxygens (including phenoxy) is 2. The average molecular weight is 535 g/mol. The Labute approximate surface area is 218 Å². The van der Waals surface area contributed by atoms with Crippen LogP contribution in [-0.4, -0.2) is 56.5 Å². The zero-order valence-electron chi connectivity index (χ0n) is 24.0.